The summed E-state index contributed by atoms with van der Waals surface area (Å²) >= 11 is 4.62. The summed E-state index contributed by atoms with van der Waals surface area (Å²) in [7, 11) is -3.47. The second-order valence-corrected chi connectivity index (χ2v) is 9.23. The van der Waals surface area contributed by atoms with Gasteiger partial charge in [-0.25, -0.2) is 8.42 Å². The maximum absolute atomic E-state index is 12.7. The van der Waals surface area contributed by atoms with Gasteiger partial charge in [-0.2, -0.15) is 4.31 Å². The van der Waals surface area contributed by atoms with Crippen molar-refractivity contribution in [3.63, 3.8) is 0 Å². The van der Waals surface area contributed by atoms with Crippen LogP contribution in [-0.4, -0.2) is 19.3 Å². The van der Waals surface area contributed by atoms with Crippen molar-refractivity contribution in [1.29, 1.82) is 0 Å². The molecular formula is C14H17BrN2O2S2. The SMILES string of the molecule is CCN(Cc1ccc(N)cc1)S(=O)(=O)c1cc(C)c(Br)s1. The minimum absolute atomic E-state index is 0.341. The van der Waals surface area contributed by atoms with Crippen molar-refractivity contribution in [2.45, 2.75) is 24.6 Å². The van der Waals surface area contributed by atoms with Crippen LogP contribution in [0.1, 0.15) is 18.1 Å². The first-order valence-electron chi connectivity index (χ1n) is 6.45. The summed E-state index contributed by atoms with van der Waals surface area (Å²) in [6.07, 6.45) is 0. The molecule has 7 heteroatoms. The van der Waals surface area contributed by atoms with E-state index in [0.717, 1.165) is 14.9 Å². The van der Waals surface area contributed by atoms with Gasteiger partial charge in [-0.15, -0.1) is 11.3 Å². The first kappa shape index (κ1) is 16.5. The molecule has 0 saturated heterocycles. The lowest BCUT2D eigenvalue weighted by Crippen LogP contribution is -2.29. The number of aryl methyl sites for hydroxylation is 1. The molecule has 0 aliphatic carbocycles. The van der Waals surface area contributed by atoms with Crippen LogP contribution in [0.2, 0.25) is 0 Å². The molecule has 0 saturated carbocycles. The third-order valence-corrected chi connectivity index (χ3v) is 7.63. The zero-order valence-corrected chi connectivity index (χ0v) is 15.1. The van der Waals surface area contributed by atoms with E-state index >= 15 is 0 Å². The van der Waals surface area contributed by atoms with Crippen LogP contribution in [0.4, 0.5) is 5.69 Å². The van der Waals surface area contributed by atoms with Crippen LogP contribution < -0.4 is 5.73 Å². The number of anilines is 1. The van der Waals surface area contributed by atoms with Gasteiger partial charge >= 0.3 is 0 Å². The smallest absolute Gasteiger partial charge is 0.252 e. The number of thiophene rings is 1. The summed E-state index contributed by atoms with van der Waals surface area (Å²) in [6.45, 7) is 4.48. The number of halogens is 1. The van der Waals surface area contributed by atoms with Gasteiger partial charge < -0.3 is 5.73 Å². The first-order chi connectivity index (χ1) is 9.84. The summed E-state index contributed by atoms with van der Waals surface area (Å²) in [5.41, 5.74) is 8.17. The standard InChI is InChI=1S/C14H17BrN2O2S2/c1-3-17(9-11-4-6-12(16)7-5-11)21(18,19)13-8-10(2)14(15)20-13/h4-8H,3,9,16H2,1-2H3. The monoisotopic (exact) mass is 388 g/mol. The highest BCUT2D eigenvalue weighted by Crippen LogP contribution is 2.32. The predicted molar refractivity (Wildman–Crippen MR) is 90.9 cm³/mol. The molecular weight excluding hydrogens is 372 g/mol. The van der Waals surface area contributed by atoms with Crippen molar-refractivity contribution in [3.8, 4) is 0 Å². The Kier molecular flexibility index (Phi) is 5.08. The van der Waals surface area contributed by atoms with E-state index in [-0.39, 0.29) is 0 Å². The molecule has 0 atom stereocenters. The topological polar surface area (TPSA) is 63.4 Å². The van der Waals surface area contributed by atoms with E-state index in [1.165, 1.54) is 15.6 Å². The van der Waals surface area contributed by atoms with Gasteiger partial charge in [0.05, 0.1) is 3.79 Å². The summed E-state index contributed by atoms with van der Waals surface area (Å²) in [4.78, 5) is 0. The van der Waals surface area contributed by atoms with Gasteiger partial charge in [0.2, 0.25) is 0 Å². The molecule has 0 aliphatic heterocycles. The van der Waals surface area contributed by atoms with Gasteiger partial charge in [0.1, 0.15) is 4.21 Å². The highest BCUT2D eigenvalue weighted by atomic mass is 79.9. The van der Waals surface area contributed by atoms with E-state index in [1.54, 1.807) is 18.2 Å². The third-order valence-electron chi connectivity index (χ3n) is 3.12. The second kappa shape index (κ2) is 6.48. The zero-order chi connectivity index (χ0) is 15.6. The van der Waals surface area contributed by atoms with Crippen LogP contribution in [0.3, 0.4) is 0 Å². The maximum Gasteiger partial charge on any atom is 0.252 e. The lowest BCUT2D eigenvalue weighted by Gasteiger charge is -2.19. The summed E-state index contributed by atoms with van der Waals surface area (Å²) in [5, 5.41) is 0. The molecule has 0 fully saturated rings. The number of nitrogen functional groups attached to an aromatic ring is 1. The van der Waals surface area contributed by atoms with Crippen molar-refractivity contribution in [2.24, 2.45) is 0 Å². The van der Waals surface area contributed by atoms with Gasteiger partial charge in [-0.3, -0.25) is 0 Å². The van der Waals surface area contributed by atoms with Crippen molar-refractivity contribution < 1.29 is 8.42 Å². The maximum atomic E-state index is 12.7. The molecule has 0 aliphatic rings. The number of nitrogens with zero attached hydrogens (tertiary/aromatic N) is 1. The number of rotatable bonds is 5. The van der Waals surface area contributed by atoms with Crippen molar-refractivity contribution in [2.75, 3.05) is 12.3 Å². The van der Waals surface area contributed by atoms with Crippen LogP contribution in [0.15, 0.2) is 38.3 Å². The fourth-order valence-corrected chi connectivity index (χ4v) is 5.70. The summed E-state index contributed by atoms with van der Waals surface area (Å²) in [6, 6.07) is 8.96. The minimum atomic E-state index is -3.47. The first-order valence-corrected chi connectivity index (χ1v) is 9.50. The molecule has 1 aromatic heterocycles. The van der Waals surface area contributed by atoms with E-state index in [2.05, 4.69) is 15.9 Å². The minimum Gasteiger partial charge on any atom is -0.399 e. The Labute approximate surface area is 137 Å². The third kappa shape index (κ3) is 3.66. The van der Waals surface area contributed by atoms with Crippen molar-refractivity contribution in [1.82, 2.24) is 4.31 Å². The number of nitrogens with two attached hydrogens (primary N) is 1. The quantitative estimate of drug-likeness (QED) is 0.795. The van der Waals surface area contributed by atoms with E-state index in [1.807, 2.05) is 26.0 Å². The Balaban J connectivity index is 2.29. The molecule has 0 unspecified atom stereocenters. The summed E-state index contributed by atoms with van der Waals surface area (Å²) in [5.74, 6) is 0. The second-order valence-electron chi connectivity index (χ2n) is 4.69. The Morgan fingerprint density at radius 3 is 2.38 bits per heavy atom. The van der Waals surface area contributed by atoms with Gasteiger partial charge in [0.15, 0.2) is 0 Å². The van der Waals surface area contributed by atoms with E-state index < -0.39 is 10.0 Å². The Bertz CT molecular complexity index is 704. The van der Waals surface area contributed by atoms with E-state index in [9.17, 15) is 8.42 Å². The predicted octanol–water partition coefficient (Wildman–Crippen LogP) is 3.61. The molecule has 21 heavy (non-hydrogen) atoms. The van der Waals surface area contributed by atoms with Crippen molar-refractivity contribution >= 4 is 43.0 Å². The molecule has 0 radical (unpaired) electrons. The van der Waals surface area contributed by atoms with Crippen LogP contribution in [0, 0.1) is 6.92 Å². The molecule has 4 nitrogen and oxygen atoms in total. The molecule has 1 heterocycles. The molecule has 2 N–H and O–H groups in total. The lowest BCUT2D eigenvalue weighted by atomic mass is 10.2. The molecule has 1 aromatic carbocycles. The largest absolute Gasteiger partial charge is 0.399 e. The number of hydrogen-bond acceptors (Lipinski definition) is 4. The molecule has 0 bridgehead atoms. The van der Waals surface area contributed by atoms with Crippen LogP contribution >= 0.6 is 27.3 Å². The van der Waals surface area contributed by atoms with E-state index in [4.69, 9.17) is 5.73 Å². The van der Waals surface area contributed by atoms with Gasteiger partial charge in [-0.05, 0) is 52.2 Å². The Morgan fingerprint density at radius 2 is 1.90 bits per heavy atom. The molecule has 2 rings (SSSR count). The number of hydrogen-bond donors (Lipinski definition) is 1. The average Bonchev–Trinajstić information content (AvgIpc) is 2.78. The molecule has 0 amide bonds. The van der Waals surface area contributed by atoms with Gasteiger partial charge in [0.25, 0.3) is 10.0 Å². The highest BCUT2D eigenvalue weighted by molar-refractivity contribution is 9.11. The number of benzene rings is 1. The fourth-order valence-electron chi connectivity index (χ4n) is 1.88. The van der Waals surface area contributed by atoms with Gasteiger partial charge in [0, 0.05) is 18.8 Å². The Hall–Kier alpha value is -0.890. The van der Waals surface area contributed by atoms with Crippen molar-refractivity contribution in [3.05, 3.63) is 45.2 Å². The molecule has 0 spiro atoms. The van der Waals surface area contributed by atoms with Crippen LogP contribution in [-0.2, 0) is 16.6 Å². The van der Waals surface area contributed by atoms with Gasteiger partial charge in [-0.1, -0.05) is 19.1 Å². The van der Waals surface area contributed by atoms with Crippen LogP contribution in [0.25, 0.3) is 0 Å². The normalized spacial score (nSPS) is 12.0. The summed E-state index contributed by atoms with van der Waals surface area (Å²) < 4.78 is 28.1. The fraction of sp³-hybridized carbons (Fsp3) is 0.286. The average molecular weight is 389 g/mol. The highest BCUT2D eigenvalue weighted by Gasteiger charge is 2.25. The molecule has 2 aromatic rings. The van der Waals surface area contributed by atoms with E-state index in [0.29, 0.717) is 23.0 Å². The Morgan fingerprint density at radius 1 is 1.29 bits per heavy atom. The zero-order valence-electron chi connectivity index (χ0n) is 11.8. The molecule has 114 valence electrons. The number of sulfonamides is 1. The van der Waals surface area contributed by atoms with Crippen LogP contribution in [0.5, 0.6) is 0 Å². The lowest BCUT2D eigenvalue weighted by molar-refractivity contribution is 0.425.